The first-order valence-electron chi connectivity index (χ1n) is 11.1. The molecule has 1 aliphatic carbocycles. The average molecular weight is 518 g/mol. The Labute approximate surface area is 192 Å². The van der Waals surface area contributed by atoms with E-state index in [2.05, 4.69) is 29.4 Å². The van der Waals surface area contributed by atoms with E-state index in [1.54, 1.807) is 6.26 Å². The second-order valence-electron chi connectivity index (χ2n) is 8.71. The highest BCUT2D eigenvalue weighted by Crippen LogP contribution is 2.25. The molecule has 1 aliphatic heterocycles. The number of hydrogen-bond donors (Lipinski definition) is 3. The minimum absolute atomic E-state index is 0. The average Bonchev–Trinajstić information content (AvgIpc) is 3.20. The van der Waals surface area contributed by atoms with Gasteiger partial charge in [-0.05, 0) is 43.7 Å². The molecule has 0 radical (unpaired) electrons. The molecule has 2 unspecified atom stereocenters. The van der Waals surface area contributed by atoms with Gasteiger partial charge in [0.15, 0.2) is 5.96 Å². The molecule has 3 rings (SSSR count). The number of guanidine groups is 1. The van der Waals surface area contributed by atoms with E-state index in [0.717, 1.165) is 70.0 Å². The Kier molecular flexibility index (Phi) is 10.8. The second-order valence-corrected chi connectivity index (χ2v) is 8.71. The molecule has 6 nitrogen and oxygen atoms in total. The SMILES string of the molecule is CC(C)CN=C(NCCc1ccco1)NC1CCN(C2CCCCC2O)CC1.I. The van der Waals surface area contributed by atoms with Crippen LogP contribution in [0.15, 0.2) is 27.8 Å². The maximum Gasteiger partial charge on any atom is 0.191 e. The van der Waals surface area contributed by atoms with Gasteiger partial charge in [0, 0.05) is 44.7 Å². The van der Waals surface area contributed by atoms with Gasteiger partial charge in [-0.3, -0.25) is 9.89 Å². The summed E-state index contributed by atoms with van der Waals surface area (Å²) in [6.45, 7) is 8.14. The van der Waals surface area contributed by atoms with Crippen molar-refractivity contribution in [2.45, 2.75) is 77.0 Å². The largest absolute Gasteiger partial charge is 0.469 e. The topological polar surface area (TPSA) is 73.0 Å². The van der Waals surface area contributed by atoms with E-state index in [0.29, 0.717) is 18.0 Å². The lowest BCUT2D eigenvalue weighted by molar-refractivity contribution is 0.00810. The van der Waals surface area contributed by atoms with Crippen LogP contribution in [-0.2, 0) is 6.42 Å². The Morgan fingerprint density at radius 3 is 2.66 bits per heavy atom. The molecule has 2 atom stereocenters. The molecular weight excluding hydrogens is 479 g/mol. The molecule has 0 bridgehead atoms. The first-order chi connectivity index (χ1) is 13.6. The first kappa shape index (κ1) is 24.5. The molecular formula is C22H39IN4O2. The quantitative estimate of drug-likeness (QED) is 0.293. The molecule has 29 heavy (non-hydrogen) atoms. The summed E-state index contributed by atoms with van der Waals surface area (Å²) < 4.78 is 5.42. The summed E-state index contributed by atoms with van der Waals surface area (Å²) in [5, 5.41) is 17.4. The Morgan fingerprint density at radius 1 is 1.24 bits per heavy atom. The van der Waals surface area contributed by atoms with Crippen LogP contribution >= 0.6 is 24.0 Å². The minimum atomic E-state index is -0.135. The summed E-state index contributed by atoms with van der Waals surface area (Å²) in [5.41, 5.74) is 0. The van der Waals surface area contributed by atoms with Gasteiger partial charge in [-0.25, -0.2) is 0 Å². The van der Waals surface area contributed by atoms with Gasteiger partial charge in [0.25, 0.3) is 0 Å². The van der Waals surface area contributed by atoms with Crippen LogP contribution < -0.4 is 10.6 Å². The van der Waals surface area contributed by atoms with E-state index in [9.17, 15) is 5.11 Å². The van der Waals surface area contributed by atoms with Gasteiger partial charge in [-0.2, -0.15) is 0 Å². The maximum atomic E-state index is 10.3. The van der Waals surface area contributed by atoms with Crippen molar-refractivity contribution in [3.63, 3.8) is 0 Å². The van der Waals surface area contributed by atoms with E-state index in [-0.39, 0.29) is 30.1 Å². The van der Waals surface area contributed by atoms with Crippen LogP contribution in [-0.4, -0.2) is 60.3 Å². The van der Waals surface area contributed by atoms with Crippen molar-refractivity contribution in [3.8, 4) is 0 Å². The molecule has 7 heteroatoms. The van der Waals surface area contributed by atoms with Gasteiger partial charge < -0.3 is 20.2 Å². The zero-order valence-electron chi connectivity index (χ0n) is 18.0. The van der Waals surface area contributed by atoms with Crippen molar-refractivity contribution in [2.75, 3.05) is 26.2 Å². The van der Waals surface area contributed by atoms with Gasteiger partial charge in [0.2, 0.25) is 0 Å². The molecule has 1 aromatic rings. The third kappa shape index (κ3) is 8.09. The smallest absolute Gasteiger partial charge is 0.191 e. The molecule has 0 spiro atoms. The summed E-state index contributed by atoms with van der Waals surface area (Å²) in [7, 11) is 0. The number of aliphatic hydroxyl groups excluding tert-OH is 1. The van der Waals surface area contributed by atoms with E-state index < -0.39 is 0 Å². The summed E-state index contributed by atoms with van der Waals surface area (Å²) in [6, 6.07) is 4.75. The fourth-order valence-electron chi connectivity index (χ4n) is 4.27. The number of aliphatic imine (C=N–C) groups is 1. The number of aliphatic hydroxyl groups is 1. The number of rotatable bonds is 7. The number of furan rings is 1. The summed E-state index contributed by atoms with van der Waals surface area (Å²) in [5.74, 6) is 2.45. The summed E-state index contributed by atoms with van der Waals surface area (Å²) in [4.78, 5) is 7.28. The molecule has 3 N–H and O–H groups in total. The van der Waals surface area contributed by atoms with Crippen molar-refractivity contribution >= 4 is 29.9 Å². The van der Waals surface area contributed by atoms with Crippen molar-refractivity contribution in [1.29, 1.82) is 0 Å². The van der Waals surface area contributed by atoms with E-state index in [4.69, 9.17) is 9.41 Å². The maximum absolute atomic E-state index is 10.3. The Hall–Kier alpha value is -0.800. The van der Waals surface area contributed by atoms with Crippen molar-refractivity contribution in [1.82, 2.24) is 15.5 Å². The Bertz CT molecular complexity index is 586. The molecule has 1 saturated heterocycles. The molecule has 0 amide bonds. The fraction of sp³-hybridized carbons (Fsp3) is 0.773. The molecule has 1 saturated carbocycles. The Balaban J connectivity index is 0.00000300. The highest BCUT2D eigenvalue weighted by Gasteiger charge is 2.31. The third-order valence-corrected chi connectivity index (χ3v) is 5.89. The number of likely N-dealkylation sites (tertiary alicyclic amines) is 1. The van der Waals surface area contributed by atoms with Crippen LogP contribution in [0.25, 0.3) is 0 Å². The van der Waals surface area contributed by atoms with E-state index in [1.807, 2.05) is 12.1 Å². The summed E-state index contributed by atoms with van der Waals surface area (Å²) >= 11 is 0. The summed E-state index contributed by atoms with van der Waals surface area (Å²) in [6.07, 6.45) is 9.19. The molecule has 2 fully saturated rings. The molecule has 1 aromatic heterocycles. The highest BCUT2D eigenvalue weighted by molar-refractivity contribution is 14.0. The molecule has 0 aromatic carbocycles. The third-order valence-electron chi connectivity index (χ3n) is 5.89. The zero-order chi connectivity index (χ0) is 19.8. The van der Waals surface area contributed by atoms with Crippen molar-refractivity contribution < 1.29 is 9.52 Å². The number of piperidine rings is 1. The second kappa shape index (κ2) is 12.8. The molecule has 2 aliphatic rings. The molecule has 166 valence electrons. The predicted molar refractivity (Wildman–Crippen MR) is 129 cm³/mol. The normalized spacial score (nSPS) is 24.3. The highest BCUT2D eigenvalue weighted by atomic mass is 127. The monoisotopic (exact) mass is 518 g/mol. The fourth-order valence-corrected chi connectivity index (χ4v) is 4.27. The van der Waals surface area contributed by atoms with Crippen LogP contribution in [0, 0.1) is 5.92 Å². The lowest BCUT2D eigenvalue weighted by Crippen LogP contribution is -2.53. The van der Waals surface area contributed by atoms with Gasteiger partial charge in [-0.1, -0.05) is 26.7 Å². The van der Waals surface area contributed by atoms with Crippen LogP contribution in [0.1, 0.15) is 58.1 Å². The van der Waals surface area contributed by atoms with Gasteiger partial charge in [0.1, 0.15) is 5.76 Å². The minimum Gasteiger partial charge on any atom is -0.469 e. The lowest BCUT2D eigenvalue weighted by Gasteiger charge is -2.41. The first-order valence-corrected chi connectivity index (χ1v) is 11.1. The van der Waals surface area contributed by atoms with E-state index >= 15 is 0 Å². The van der Waals surface area contributed by atoms with Crippen molar-refractivity contribution in [2.24, 2.45) is 10.9 Å². The van der Waals surface area contributed by atoms with Crippen LogP contribution in [0.2, 0.25) is 0 Å². The number of nitrogens with zero attached hydrogens (tertiary/aromatic N) is 2. The lowest BCUT2D eigenvalue weighted by atomic mass is 9.89. The van der Waals surface area contributed by atoms with Crippen LogP contribution in [0.3, 0.4) is 0 Å². The standard InChI is InChI=1S/C22H38N4O2.HI/c1-17(2)16-24-22(23-12-9-19-6-5-15-28-19)25-18-10-13-26(14-11-18)20-7-3-4-8-21(20)27;/h5-6,15,17-18,20-21,27H,3-4,7-14,16H2,1-2H3,(H2,23,24,25);1H. The predicted octanol–water partition coefficient (Wildman–Crippen LogP) is 3.40. The number of nitrogens with one attached hydrogen (secondary N) is 2. The van der Waals surface area contributed by atoms with Gasteiger partial charge in [0.05, 0.1) is 12.4 Å². The number of halogens is 1. The zero-order valence-corrected chi connectivity index (χ0v) is 20.3. The number of hydrogen-bond acceptors (Lipinski definition) is 4. The van der Waals surface area contributed by atoms with Crippen LogP contribution in [0.5, 0.6) is 0 Å². The van der Waals surface area contributed by atoms with Gasteiger partial charge in [-0.15, -0.1) is 24.0 Å². The van der Waals surface area contributed by atoms with Crippen molar-refractivity contribution in [3.05, 3.63) is 24.2 Å². The molecule has 2 heterocycles. The Morgan fingerprint density at radius 2 is 2.00 bits per heavy atom. The van der Waals surface area contributed by atoms with E-state index in [1.165, 1.54) is 12.8 Å². The van der Waals surface area contributed by atoms with Crippen LogP contribution in [0.4, 0.5) is 0 Å². The van der Waals surface area contributed by atoms with Gasteiger partial charge >= 0.3 is 0 Å².